The van der Waals surface area contributed by atoms with Gasteiger partial charge < -0.3 is 4.90 Å². The van der Waals surface area contributed by atoms with Gasteiger partial charge in [0.25, 0.3) is 0 Å². The standard InChI is InChI=1S/C17H28N2S/c1-10(2)14-8-12(5)18-17-16(14)15(11(3)4)9-20-13(6)19(17)7/h8,10-11,13,15H,9H2,1-7H3/t13-,15?/m1/s1. The average molecular weight is 292 g/mol. The van der Waals surface area contributed by atoms with E-state index in [1.807, 2.05) is 0 Å². The molecule has 0 saturated carbocycles. The SMILES string of the molecule is Cc1cc(C(C)C)c2c(n1)N(C)[C@@H](C)SCC2C(C)C. The molecule has 0 N–H and O–H groups in total. The molecule has 0 fully saturated rings. The van der Waals surface area contributed by atoms with Crippen LogP contribution < -0.4 is 4.90 Å². The zero-order valence-electron chi connectivity index (χ0n) is 13.9. The van der Waals surface area contributed by atoms with Gasteiger partial charge in [0.05, 0.1) is 5.37 Å². The van der Waals surface area contributed by atoms with Gasteiger partial charge in [-0.15, -0.1) is 11.8 Å². The third kappa shape index (κ3) is 2.83. The number of hydrogen-bond donors (Lipinski definition) is 0. The third-order valence-corrected chi connectivity index (χ3v) is 5.74. The molecule has 3 heteroatoms. The smallest absolute Gasteiger partial charge is 0.133 e. The summed E-state index contributed by atoms with van der Waals surface area (Å²) in [7, 11) is 2.19. The second kappa shape index (κ2) is 5.97. The Labute approximate surface area is 128 Å². The summed E-state index contributed by atoms with van der Waals surface area (Å²) in [4.78, 5) is 7.26. The molecule has 2 rings (SSSR count). The highest BCUT2D eigenvalue weighted by Crippen LogP contribution is 2.43. The van der Waals surface area contributed by atoms with Gasteiger partial charge in [0.15, 0.2) is 0 Å². The molecule has 0 amide bonds. The first kappa shape index (κ1) is 15.7. The molecule has 20 heavy (non-hydrogen) atoms. The molecule has 0 spiro atoms. The maximum absolute atomic E-state index is 4.89. The van der Waals surface area contributed by atoms with Gasteiger partial charge in [-0.3, -0.25) is 0 Å². The summed E-state index contributed by atoms with van der Waals surface area (Å²) in [5, 5.41) is 0.492. The lowest BCUT2D eigenvalue weighted by molar-refractivity contribution is 0.535. The van der Waals surface area contributed by atoms with Crippen LogP contribution in [0, 0.1) is 12.8 Å². The number of pyridine rings is 1. The van der Waals surface area contributed by atoms with Crippen molar-refractivity contribution in [1.29, 1.82) is 0 Å². The molecule has 0 saturated heterocycles. The molecule has 1 unspecified atom stereocenters. The predicted octanol–water partition coefficient (Wildman–Crippen LogP) is 4.78. The molecular formula is C17H28N2S. The molecule has 1 aliphatic rings. The van der Waals surface area contributed by atoms with Crippen LogP contribution in [0.25, 0.3) is 0 Å². The Kier molecular flexibility index (Phi) is 4.68. The van der Waals surface area contributed by atoms with Gasteiger partial charge in [0.1, 0.15) is 5.82 Å². The van der Waals surface area contributed by atoms with Crippen LogP contribution in [-0.2, 0) is 0 Å². The largest absolute Gasteiger partial charge is 0.348 e. The number of hydrogen-bond acceptors (Lipinski definition) is 3. The summed E-state index contributed by atoms with van der Waals surface area (Å²) >= 11 is 2.05. The van der Waals surface area contributed by atoms with Crippen LogP contribution in [0.3, 0.4) is 0 Å². The molecule has 2 nitrogen and oxygen atoms in total. The van der Waals surface area contributed by atoms with Crippen molar-refractivity contribution in [1.82, 2.24) is 4.98 Å². The Morgan fingerprint density at radius 3 is 2.50 bits per heavy atom. The van der Waals surface area contributed by atoms with Crippen molar-refractivity contribution in [2.45, 2.75) is 58.8 Å². The maximum atomic E-state index is 4.89. The van der Waals surface area contributed by atoms with Crippen LogP contribution in [0.15, 0.2) is 6.07 Å². The minimum absolute atomic E-state index is 0.492. The van der Waals surface area contributed by atoms with Crippen molar-refractivity contribution >= 4 is 17.6 Å². The minimum atomic E-state index is 0.492. The Morgan fingerprint density at radius 1 is 1.30 bits per heavy atom. The predicted molar refractivity (Wildman–Crippen MR) is 91.0 cm³/mol. The quantitative estimate of drug-likeness (QED) is 0.780. The fourth-order valence-electron chi connectivity index (χ4n) is 2.95. The molecule has 0 radical (unpaired) electrons. The summed E-state index contributed by atoms with van der Waals surface area (Å²) in [6.07, 6.45) is 0. The van der Waals surface area contributed by atoms with Crippen LogP contribution in [0.1, 0.15) is 63.3 Å². The topological polar surface area (TPSA) is 16.1 Å². The Morgan fingerprint density at radius 2 is 1.95 bits per heavy atom. The summed E-state index contributed by atoms with van der Waals surface area (Å²) in [6, 6.07) is 2.30. The first-order valence-electron chi connectivity index (χ1n) is 7.68. The highest BCUT2D eigenvalue weighted by Gasteiger charge is 2.31. The lowest BCUT2D eigenvalue weighted by Crippen LogP contribution is -2.27. The maximum Gasteiger partial charge on any atom is 0.133 e. The van der Waals surface area contributed by atoms with Crippen LogP contribution in [0.2, 0.25) is 0 Å². The van der Waals surface area contributed by atoms with Crippen molar-refractivity contribution in [3.05, 3.63) is 22.9 Å². The van der Waals surface area contributed by atoms with Gasteiger partial charge in [0, 0.05) is 24.1 Å². The van der Waals surface area contributed by atoms with Crippen LogP contribution in [0.4, 0.5) is 5.82 Å². The number of fused-ring (bicyclic) bond motifs is 1. The number of aryl methyl sites for hydroxylation is 1. The van der Waals surface area contributed by atoms with Crippen molar-refractivity contribution in [3.63, 3.8) is 0 Å². The van der Waals surface area contributed by atoms with E-state index in [9.17, 15) is 0 Å². The molecule has 1 aromatic rings. The highest BCUT2D eigenvalue weighted by molar-refractivity contribution is 8.00. The number of anilines is 1. The van der Waals surface area contributed by atoms with Crippen molar-refractivity contribution in [3.8, 4) is 0 Å². The summed E-state index contributed by atoms with van der Waals surface area (Å²) in [6.45, 7) is 13.7. The van der Waals surface area contributed by atoms with Crippen molar-refractivity contribution in [2.24, 2.45) is 5.92 Å². The van der Waals surface area contributed by atoms with E-state index >= 15 is 0 Å². The highest BCUT2D eigenvalue weighted by atomic mass is 32.2. The summed E-state index contributed by atoms with van der Waals surface area (Å²) in [5.74, 6) is 4.22. The lowest BCUT2D eigenvalue weighted by atomic mass is 9.83. The van der Waals surface area contributed by atoms with Gasteiger partial charge in [-0.05, 0) is 43.2 Å². The van der Waals surface area contributed by atoms with Gasteiger partial charge >= 0.3 is 0 Å². The molecule has 2 atom stereocenters. The van der Waals surface area contributed by atoms with Crippen LogP contribution in [-0.4, -0.2) is 23.2 Å². The molecule has 0 aliphatic carbocycles. The van der Waals surface area contributed by atoms with Crippen molar-refractivity contribution in [2.75, 3.05) is 17.7 Å². The van der Waals surface area contributed by atoms with Crippen LogP contribution in [0.5, 0.6) is 0 Å². The number of rotatable bonds is 2. The first-order valence-corrected chi connectivity index (χ1v) is 8.73. The molecule has 0 aromatic carbocycles. The molecule has 0 bridgehead atoms. The van der Waals surface area contributed by atoms with Crippen LogP contribution >= 0.6 is 11.8 Å². The Bertz CT molecular complexity index is 482. The molecule has 2 heterocycles. The monoisotopic (exact) mass is 292 g/mol. The van der Waals surface area contributed by atoms with E-state index in [0.717, 1.165) is 5.69 Å². The zero-order valence-corrected chi connectivity index (χ0v) is 14.7. The van der Waals surface area contributed by atoms with Gasteiger partial charge in [-0.2, -0.15) is 0 Å². The van der Waals surface area contributed by atoms with E-state index in [2.05, 4.69) is 71.3 Å². The first-order chi connectivity index (χ1) is 9.32. The Balaban J connectivity index is 2.68. The van der Waals surface area contributed by atoms with E-state index in [1.54, 1.807) is 0 Å². The molecule has 1 aromatic heterocycles. The van der Waals surface area contributed by atoms with E-state index < -0.39 is 0 Å². The second-order valence-corrected chi connectivity index (χ2v) is 7.99. The second-order valence-electron chi connectivity index (χ2n) is 6.64. The van der Waals surface area contributed by atoms with E-state index in [-0.39, 0.29) is 0 Å². The molecule has 112 valence electrons. The summed E-state index contributed by atoms with van der Waals surface area (Å²) in [5.41, 5.74) is 4.13. The summed E-state index contributed by atoms with van der Waals surface area (Å²) < 4.78 is 0. The van der Waals surface area contributed by atoms with E-state index in [0.29, 0.717) is 23.1 Å². The zero-order chi connectivity index (χ0) is 15.0. The Hall–Kier alpha value is -0.700. The minimum Gasteiger partial charge on any atom is -0.348 e. The van der Waals surface area contributed by atoms with E-state index in [1.165, 1.54) is 22.7 Å². The molecule has 1 aliphatic heterocycles. The van der Waals surface area contributed by atoms with Gasteiger partial charge in [-0.25, -0.2) is 4.98 Å². The number of thioether (sulfide) groups is 1. The number of aromatic nitrogens is 1. The van der Waals surface area contributed by atoms with Crippen molar-refractivity contribution < 1.29 is 0 Å². The lowest BCUT2D eigenvalue weighted by Gasteiger charge is -2.28. The number of nitrogens with zero attached hydrogens (tertiary/aromatic N) is 2. The fraction of sp³-hybridized carbons (Fsp3) is 0.706. The average Bonchev–Trinajstić information content (AvgIpc) is 2.48. The normalized spacial score (nSPS) is 23.1. The fourth-order valence-corrected chi connectivity index (χ4v) is 4.31. The van der Waals surface area contributed by atoms with Gasteiger partial charge in [-0.1, -0.05) is 27.7 Å². The molecular weight excluding hydrogens is 264 g/mol. The van der Waals surface area contributed by atoms with Gasteiger partial charge in [0.2, 0.25) is 0 Å². The third-order valence-electron chi connectivity index (χ3n) is 4.39. The van der Waals surface area contributed by atoms with E-state index in [4.69, 9.17) is 4.98 Å².